The van der Waals surface area contributed by atoms with Gasteiger partial charge in [-0.1, -0.05) is 18.2 Å². The van der Waals surface area contributed by atoms with Gasteiger partial charge < -0.3 is 21.3 Å². The number of carbonyl (C=O) groups excluding carboxylic acids is 2. The highest BCUT2D eigenvalue weighted by Gasteiger charge is 2.05. The first-order valence-corrected chi connectivity index (χ1v) is 6.80. The summed E-state index contributed by atoms with van der Waals surface area (Å²) in [6.45, 7) is 10.2. The van der Waals surface area contributed by atoms with Crippen molar-refractivity contribution in [2.45, 2.75) is 39.3 Å². The van der Waals surface area contributed by atoms with E-state index in [9.17, 15) is 9.59 Å². The lowest BCUT2D eigenvalue weighted by Gasteiger charge is -2.14. The Morgan fingerprint density at radius 1 is 1.00 bits per heavy atom. The molecule has 0 heterocycles. The maximum Gasteiger partial charge on any atom is 0.315 e. The molecule has 6 nitrogen and oxygen atoms in total. The lowest BCUT2D eigenvalue weighted by Crippen LogP contribution is -2.43. The zero-order valence-electron chi connectivity index (χ0n) is 12.5. The average Bonchev–Trinajstić information content (AvgIpc) is 2.34. The second-order valence-corrected chi connectivity index (χ2v) is 4.76. The van der Waals surface area contributed by atoms with Crippen molar-refractivity contribution < 1.29 is 9.59 Å². The molecule has 0 rings (SSSR count). The van der Waals surface area contributed by atoms with Gasteiger partial charge in [0.2, 0.25) is 0 Å². The van der Waals surface area contributed by atoms with Gasteiger partial charge >= 0.3 is 12.1 Å². The monoisotopic (exact) mass is 282 g/mol. The van der Waals surface area contributed by atoms with Crippen LogP contribution in [0, 0.1) is 0 Å². The summed E-state index contributed by atoms with van der Waals surface area (Å²) in [5, 5.41) is 10.9. The Morgan fingerprint density at radius 2 is 1.65 bits per heavy atom. The molecule has 0 saturated heterocycles. The summed E-state index contributed by atoms with van der Waals surface area (Å²) in [5.41, 5.74) is 0. The van der Waals surface area contributed by atoms with Crippen LogP contribution < -0.4 is 21.3 Å². The van der Waals surface area contributed by atoms with Gasteiger partial charge in [-0.3, -0.25) is 0 Å². The number of carbonyl (C=O) groups is 2. The lowest BCUT2D eigenvalue weighted by molar-refractivity contribution is 0.235. The molecule has 0 aliphatic heterocycles. The van der Waals surface area contributed by atoms with Gasteiger partial charge in [0.15, 0.2) is 0 Å². The van der Waals surface area contributed by atoms with Gasteiger partial charge in [-0.25, -0.2) is 9.59 Å². The molecular weight excluding hydrogens is 256 g/mol. The maximum atomic E-state index is 11.4. The first kappa shape index (κ1) is 18.0. The van der Waals surface area contributed by atoms with Gasteiger partial charge in [0, 0.05) is 25.2 Å². The van der Waals surface area contributed by atoms with Crippen LogP contribution in [-0.4, -0.2) is 37.2 Å². The van der Waals surface area contributed by atoms with E-state index in [2.05, 4.69) is 27.8 Å². The molecule has 0 fully saturated rings. The fourth-order valence-corrected chi connectivity index (χ4v) is 1.35. The van der Waals surface area contributed by atoms with Crippen molar-refractivity contribution in [3.05, 3.63) is 24.8 Å². The Balaban J connectivity index is 3.70. The van der Waals surface area contributed by atoms with Crippen LogP contribution in [0.4, 0.5) is 9.59 Å². The molecule has 4 N–H and O–H groups in total. The highest BCUT2D eigenvalue weighted by Crippen LogP contribution is 1.92. The number of nitrogens with one attached hydrogen (secondary N) is 4. The number of rotatable bonds is 8. The normalized spacial score (nSPS) is 12.0. The number of amides is 4. The second kappa shape index (κ2) is 10.9. The molecule has 1 unspecified atom stereocenters. The van der Waals surface area contributed by atoms with Crippen LogP contribution in [0.3, 0.4) is 0 Å². The molecule has 0 aliphatic carbocycles. The first-order valence-electron chi connectivity index (χ1n) is 6.80. The minimum atomic E-state index is -0.225. The number of urea groups is 2. The smallest absolute Gasteiger partial charge is 0.315 e. The van der Waals surface area contributed by atoms with E-state index in [0.717, 1.165) is 0 Å². The second-order valence-electron chi connectivity index (χ2n) is 4.76. The van der Waals surface area contributed by atoms with Crippen LogP contribution >= 0.6 is 0 Å². The van der Waals surface area contributed by atoms with Crippen molar-refractivity contribution in [1.82, 2.24) is 21.3 Å². The van der Waals surface area contributed by atoms with Crippen LogP contribution in [0.5, 0.6) is 0 Å². The Kier molecular flexibility index (Phi) is 9.82. The molecule has 0 saturated carbocycles. The summed E-state index contributed by atoms with van der Waals surface area (Å²) < 4.78 is 0. The van der Waals surface area contributed by atoms with E-state index in [1.165, 1.54) is 0 Å². The van der Waals surface area contributed by atoms with Gasteiger partial charge in [-0.2, -0.15) is 0 Å². The van der Waals surface area contributed by atoms with Crippen molar-refractivity contribution in [3.63, 3.8) is 0 Å². The van der Waals surface area contributed by atoms with E-state index in [1.54, 1.807) is 6.08 Å². The van der Waals surface area contributed by atoms with Gasteiger partial charge in [0.05, 0.1) is 0 Å². The van der Waals surface area contributed by atoms with Gasteiger partial charge in [0.1, 0.15) is 0 Å². The van der Waals surface area contributed by atoms with Gasteiger partial charge in [-0.15, -0.1) is 6.58 Å². The molecule has 0 spiro atoms. The van der Waals surface area contributed by atoms with E-state index < -0.39 is 0 Å². The fraction of sp³-hybridized carbons (Fsp3) is 0.571. The lowest BCUT2D eigenvalue weighted by atomic mass is 10.2. The fourth-order valence-electron chi connectivity index (χ4n) is 1.35. The highest BCUT2D eigenvalue weighted by molar-refractivity contribution is 5.74. The molecular formula is C14H26N4O2. The highest BCUT2D eigenvalue weighted by atomic mass is 16.2. The minimum absolute atomic E-state index is 0.0413. The van der Waals surface area contributed by atoms with Crippen molar-refractivity contribution in [2.75, 3.05) is 13.1 Å². The predicted molar refractivity (Wildman–Crippen MR) is 81.6 cm³/mol. The summed E-state index contributed by atoms with van der Waals surface area (Å²) in [4.78, 5) is 22.6. The summed E-state index contributed by atoms with van der Waals surface area (Å²) in [5.74, 6) is 0. The van der Waals surface area contributed by atoms with E-state index >= 15 is 0 Å². The third kappa shape index (κ3) is 11.1. The van der Waals surface area contributed by atoms with E-state index in [0.29, 0.717) is 19.5 Å². The Hall–Kier alpha value is -1.98. The molecule has 0 bridgehead atoms. The average molecular weight is 282 g/mol. The molecule has 6 heteroatoms. The molecule has 114 valence electrons. The number of hydrogen-bond donors (Lipinski definition) is 4. The quantitative estimate of drug-likeness (QED) is 0.509. The molecule has 0 aliphatic rings. The van der Waals surface area contributed by atoms with Crippen LogP contribution in [0.15, 0.2) is 24.8 Å². The van der Waals surface area contributed by atoms with Crippen molar-refractivity contribution >= 4 is 12.1 Å². The topological polar surface area (TPSA) is 82.3 Å². The molecule has 0 aromatic rings. The van der Waals surface area contributed by atoms with Crippen LogP contribution in [0.2, 0.25) is 0 Å². The van der Waals surface area contributed by atoms with Crippen molar-refractivity contribution in [1.29, 1.82) is 0 Å². The summed E-state index contributed by atoms with van der Waals surface area (Å²) in [7, 11) is 0. The van der Waals surface area contributed by atoms with Crippen LogP contribution in [-0.2, 0) is 0 Å². The first-order chi connectivity index (χ1) is 9.45. The van der Waals surface area contributed by atoms with Gasteiger partial charge in [-0.05, 0) is 27.2 Å². The Bertz CT molecular complexity index is 340. The number of hydrogen-bond acceptors (Lipinski definition) is 2. The van der Waals surface area contributed by atoms with Crippen LogP contribution in [0.1, 0.15) is 27.2 Å². The van der Waals surface area contributed by atoms with Crippen LogP contribution in [0.25, 0.3) is 0 Å². The predicted octanol–water partition coefficient (Wildman–Crippen LogP) is 1.51. The summed E-state index contributed by atoms with van der Waals surface area (Å²) >= 11 is 0. The maximum absolute atomic E-state index is 11.4. The summed E-state index contributed by atoms with van der Waals surface area (Å²) in [6.07, 6.45) is 6.10. The molecule has 20 heavy (non-hydrogen) atoms. The van der Waals surface area contributed by atoms with E-state index in [4.69, 9.17) is 0 Å². The third-order valence-corrected chi connectivity index (χ3v) is 2.24. The largest absolute Gasteiger partial charge is 0.336 e. The standard InChI is InChI=1S/C14H26N4O2/c1-5-9-15-13(19)16-10-7-6-8-12(4)18-14(20)17-11(2)3/h5-7,11-12H,1,8-10H2,2-4H3,(H2,15,16,19)(H2,17,18,20)/b7-6+. The minimum Gasteiger partial charge on any atom is -0.336 e. The molecule has 0 aromatic carbocycles. The molecule has 1 atom stereocenters. The Labute approximate surface area is 121 Å². The van der Waals surface area contributed by atoms with Gasteiger partial charge in [0.25, 0.3) is 0 Å². The van der Waals surface area contributed by atoms with E-state index in [-0.39, 0.29) is 24.1 Å². The molecule has 0 radical (unpaired) electrons. The Morgan fingerprint density at radius 3 is 2.25 bits per heavy atom. The molecule has 0 aromatic heterocycles. The third-order valence-electron chi connectivity index (χ3n) is 2.24. The van der Waals surface area contributed by atoms with E-state index in [1.807, 2.05) is 32.9 Å². The van der Waals surface area contributed by atoms with Crippen molar-refractivity contribution in [2.24, 2.45) is 0 Å². The van der Waals surface area contributed by atoms with Crippen molar-refractivity contribution in [3.8, 4) is 0 Å². The summed E-state index contributed by atoms with van der Waals surface area (Å²) in [6, 6.07) is -0.226. The molecule has 4 amide bonds. The zero-order valence-corrected chi connectivity index (χ0v) is 12.5. The zero-order chi connectivity index (χ0) is 15.4. The SMILES string of the molecule is C=CCNC(=O)NC/C=C/CC(C)NC(=O)NC(C)C.